The lowest BCUT2D eigenvalue weighted by atomic mass is 9.91. The molecule has 3 heterocycles. The topological polar surface area (TPSA) is 95.9 Å². The number of aromatic nitrogens is 4. The van der Waals surface area contributed by atoms with Crippen LogP contribution in [0, 0.1) is 11.6 Å². The van der Waals surface area contributed by atoms with Crippen LogP contribution < -0.4 is 5.32 Å². The number of halogens is 2. The van der Waals surface area contributed by atoms with Gasteiger partial charge in [0.05, 0.1) is 18.4 Å². The molecule has 1 aliphatic rings. The molecule has 9 heteroatoms. The van der Waals surface area contributed by atoms with Crippen molar-refractivity contribution in [3.8, 4) is 11.4 Å². The summed E-state index contributed by atoms with van der Waals surface area (Å²) in [6.07, 6.45) is 8.53. The Kier molecular flexibility index (Phi) is 4.60. The zero-order chi connectivity index (χ0) is 18.8. The standard InChI is InChI=1S/C18H16F2N6O/c19-10-4-13-14(7-22-16(13)21-6-10)17-23-8-15(20)18(26-17)25-12-3-1-2-11(5-12)24-9-27/h4,6-8,11-12H,1-3,5H2,(H,21,22)(H,23,25,26)/t11-,12+/m1/s1. The molecule has 2 atom stereocenters. The highest BCUT2D eigenvalue weighted by molar-refractivity contribution is 5.91. The second kappa shape index (κ2) is 7.20. The third-order valence-corrected chi connectivity index (χ3v) is 4.71. The van der Waals surface area contributed by atoms with Crippen LogP contribution in [0.2, 0.25) is 0 Å². The van der Waals surface area contributed by atoms with Gasteiger partial charge in [-0.1, -0.05) is 0 Å². The van der Waals surface area contributed by atoms with E-state index in [4.69, 9.17) is 0 Å². The maximum atomic E-state index is 14.2. The summed E-state index contributed by atoms with van der Waals surface area (Å²) in [4.78, 5) is 29.5. The highest BCUT2D eigenvalue weighted by Crippen LogP contribution is 2.28. The number of nitrogens with zero attached hydrogens (tertiary/aromatic N) is 4. The van der Waals surface area contributed by atoms with Crippen LogP contribution in [0.5, 0.6) is 0 Å². The molecule has 0 spiro atoms. The Morgan fingerprint density at radius 3 is 3.00 bits per heavy atom. The Labute approximate surface area is 153 Å². The number of hydrogen-bond donors (Lipinski definition) is 2. The Morgan fingerprint density at radius 1 is 1.26 bits per heavy atom. The van der Waals surface area contributed by atoms with Gasteiger partial charge in [-0.05, 0) is 31.7 Å². The lowest BCUT2D eigenvalue weighted by Crippen LogP contribution is -2.30. The number of nitrogens with one attached hydrogen (secondary N) is 2. The largest absolute Gasteiger partial charge is 0.365 e. The summed E-state index contributed by atoms with van der Waals surface area (Å²) >= 11 is 0. The number of isocyanates is 1. The van der Waals surface area contributed by atoms with Crippen LogP contribution in [0.15, 0.2) is 29.6 Å². The molecule has 138 valence electrons. The van der Waals surface area contributed by atoms with E-state index in [1.807, 2.05) is 0 Å². The SMILES string of the molecule is O=C=N[C@@H]1CCC[C@H](Nc2nc(-c3c[nH]c4ncc(F)cc34)ncc2F)C1. The van der Waals surface area contributed by atoms with Crippen molar-refractivity contribution in [1.82, 2.24) is 19.9 Å². The van der Waals surface area contributed by atoms with E-state index in [1.54, 1.807) is 12.3 Å². The lowest BCUT2D eigenvalue weighted by molar-refractivity contribution is 0.407. The number of hydrogen-bond acceptors (Lipinski definition) is 6. The number of fused-ring (bicyclic) bond motifs is 1. The molecule has 1 aliphatic carbocycles. The molecular formula is C18H16F2N6O. The number of rotatable bonds is 4. The summed E-state index contributed by atoms with van der Waals surface area (Å²) in [6, 6.07) is 1.16. The minimum absolute atomic E-state index is 0.0554. The van der Waals surface area contributed by atoms with Crippen LogP contribution in [0.25, 0.3) is 22.4 Å². The van der Waals surface area contributed by atoms with E-state index in [2.05, 4.69) is 30.2 Å². The molecule has 3 aromatic rings. The predicted molar refractivity (Wildman–Crippen MR) is 94.8 cm³/mol. The van der Waals surface area contributed by atoms with Crippen LogP contribution in [-0.4, -0.2) is 38.1 Å². The quantitative estimate of drug-likeness (QED) is 0.542. The Bertz CT molecular complexity index is 1030. The van der Waals surface area contributed by atoms with Gasteiger partial charge in [-0.3, -0.25) is 0 Å². The fourth-order valence-corrected chi connectivity index (χ4v) is 3.44. The molecule has 0 aromatic carbocycles. The van der Waals surface area contributed by atoms with E-state index < -0.39 is 11.6 Å². The number of carbonyl (C=O) groups excluding carboxylic acids is 1. The Morgan fingerprint density at radius 2 is 2.15 bits per heavy atom. The van der Waals surface area contributed by atoms with Crippen LogP contribution in [-0.2, 0) is 4.79 Å². The number of aromatic amines is 1. The van der Waals surface area contributed by atoms with Gasteiger partial charge in [0, 0.05) is 23.2 Å². The van der Waals surface area contributed by atoms with Gasteiger partial charge in [-0.15, -0.1) is 0 Å². The number of anilines is 1. The monoisotopic (exact) mass is 370 g/mol. The van der Waals surface area contributed by atoms with Crippen molar-refractivity contribution in [3.63, 3.8) is 0 Å². The minimum Gasteiger partial charge on any atom is -0.365 e. The van der Waals surface area contributed by atoms with Crippen LogP contribution >= 0.6 is 0 Å². The minimum atomic E-state index is -0.580. The second-order valence-electron chi connectivity index (χ2n) is 6.52. The summed E-state index contributed by atoms with van der Waals surface area (Å²) in [6.45, 7) is 0. The lowest BCUT2D eigenvalue weighted by Gasteiger charge is -2.27. The molecule has 4 rings (SSSR count). The summed E-state index contributed by atoms with van der Waals surface area (Å²) in [7, 11) is 0. The van der Waals surface area contributed by atoms with Gasteiger partial charge in [-0.25, -0.2) is 33.5 Å². The van der Waals surface area contributed by atoms with Crippen molar-refractivity contribution in [2.24, 2.45) is 4.99 Å². The normalized spacial score (nSPS) is 19.6. The van der Waals surface area contributed by atoms with Gasteiger partial charge < -0.3 is 10.3 Å². The molecule has 1 fully saturated rings. The maximum absolute atomic E-state index is 14.2. The molecular weight excluding hydrogens is 354 g/mol. The molecule has 0 amide bonds. The zero-order valence-corrected chi connectivity index (χ0v) is 14.2. The van der Waals surface area contributed by atoms with Gasteiger partial charge >= 0.3 is 0 Å². The van der Waals surface area contributed by atoms with Gasteiger partial charge in [-0.2, -0.15) is 0 Å². The van der Waals surface area contributed by atoms with Crippen molar-refractivity contribution in [1.29, 1.82) is 0 Å². The molecule has 1 saturated carbocycles. The molecule has 3 aromatic heterocycles. The highest BCUT2D eigenvalue weighted by Gasteiger charge is 2.23. The van der Waals surface area contributed by atoms with E-state index in [0.717, 1.165) is 31.7 Å². The first-order chi connectivity index (χ1) is 13.1. The average molecular weight is 370 g/mol. The van der Waals surface area contributed by atoms with Crippen molar-refractivity contribution in [2.75, 3.05) is 5.32 Å². The summed E-state index contributed by atoms with van der Waals surface area (Å²) < 4.78 is 27.8. The summed E-state index contributed by atoms with van der Waals surface area (Å²) in [5.74, 6) is -0.730. The first kappa shape index (κ1) is 17.2. The van der Waals surface area contributed by atoms with Gasteiger partial charge in [0.25, 0.3) is 0 Å². The van der Waals surface area contributed by atoms with Crippen molar-refractivity contribution in [2.45, 2.75) is 37.8 Å². The average Bonchev–Trinajstić information content (AvgIpc) is 3.07. The van der Waals surface area contributed by atoms with E-state index in [1.165, 1.54) is 6.07 Å². The van der Waals surface area contributed by atoms with Crippen molar-refractivity contribution >= 4 is 22.9 Å². The number of aliphatic imine (C=N–C) groups is 1. The first-order valence-corrected chi connectivity index (χ1v) is 8.63. The van der Waals surface area contributed by atoms with E-state index in [-0.39, 0.29) is 23.7 Å². The molecule has 0 aliphatic heterocycles. The van der Waals surface area contributed by atoms with Crippen molar-refractivity contribution in [3.05, 3.63) is 36.3 Å². The summed E-state index contributed by atoms with van der Waals surface area (Å²) in [5, 5.41) is 3.60. The second-order valence-corrected chi connectivity index (χ2v) is 6.52. The molecule has 0 radical (unpaired) electrons. The third kappa shape index (κ3) is 3.54. The van der Waals surface area contributed by atoms with Crippen LogP contribution in [0.3, 0.4) is 0 Å². The van der Waals surface area contributed by atoms with E-state index >= 15 is 0 Å². The fourth-order valence-electron chi connectivity index (χ4n) is 3.44. The number of H-pyrrole nitrogens is 1. The first-order valence-electron chi connectivity index (χ1n) is 8.63. The molecule has 0 unspecified atom stereocenters. The van der Waals surface area contributed by atoms with Crippen molar-refractivity contribution < 1.29 is 13.6 Å². The molecule has 0 saturated heterocycles. The molecule has 27 heavy (non-hydrogen) atoms. The fraction of sp³-hybridized carbons (Fsp3) is 0.333. The van der Waals surface area contributed by atoms with Crippen LogP contribution in [0.1, 0.15) is 25.7 Å². The maximum Gasteiger partial charge on any atom is 0.235 e. The molecule has 2 N–H and O–H groups in total. The predicted octanol–water partition coefficient (Wildman–Crippen LogP) is 3.36. The molecule has 7 nitrogen and oxygen atoms in total. The third-order valence-electron chi connectivity index (χ3n) is 4.71. The zero-order valence-electron chi connectivity index (χ0n) is 14.2. The van der Waals surface area contributed by atoms with Gasteiger partial charge in [0.2, 0.25) is 6.08 Å². The smallest absolute Gasteiger partial charge is 0.235 e. The van der Waals surface area contributed by atoms with Gasteiger partial charge in [0.1, 0.15) is 11.5 Å². The van der Waals surface area contributed by atoms with Gasteiger partial charge in [0.15, 0.2) is 17.5 Å². The Hall–Kier alpha value is -3.19. The summed E-state index contributed by atoms with van der Waals surface area (Å²) in [5.41, 5.74) is 1.03. The highest BCUT2D eigenvalue weighted by atomic mass is 19.1. The van der Waals surface area contributed by atoms with Crippen LogP contribution in [0.4, 0.5) is 14.6 Å². The van der Waals surface area contributed by atoms with E-state index in [9.17, 15) is 13.6 Å². The molecule has 0 bridgehead atoms. The van der Waals surface area contributed by atoms with E-state index in [0.29, 0.717) is 23.0 Å². The Balaban J connectivity index is 1.63. The number of pyridine rings is 1.